The van der Waals surface area contributed by atoms with E-state index in [1.807, 2.05) is 24.3 Å². The summed E-state index contributed by atoms with van der Waals surface area (Å²) in [6, 6.07) is 11.3. The average Bonchev–Trinajstić information content (AvgIpc) is 3.25. The quantitative estimate of drug-likeness (QED) is 0.497. The van der Waals surface area contributed by atoms with Crippen LogP contribution in [-0.2, 0) is 14.4 Å². The molecule has 3 saturated carbocycles. The fourth-order valence-corrected chi connectivity index (χ4v) is 5.33. The molecular formula is C24H25ClFN3O5. The Morgan fingerprint density at radius 3 is 2.68 bits per heavy atom. The number of rotatable bonds is 6. The zero-order valence-electron chi connectivity index (χ0n) is 18.3. The number of halogens is 2. The third kappa shape index (κ3) is 4.19. The van der Waals surface area contributed by atoms with E-state index in [0.717, 1.165) is 17.3 Å². The maximum atomic E-state index is 13.6. The number of ether oxygens (including phenoxy) is 1. The van der Waals surface area contributed by atoms with Crippen molar-refractivity contribution in [2.45, 2.75) is 55.4 Å². The highest BCUT2D eigenvalue weighted by atomic mass is 35.5. The second-order valence-corrected chi connectivity index (χ2v) is 9.65. The lowest BCUT2D eigenvalue weighted by Gasteiger charge is -2.56. The summed E-state index contributed by atoms with van der Waals surface area (Å²) >= 11 is 5.66. The molecule has 4 N–H and O–H groups in total. The third-order valence-electron chi connectivity index (χ3n) is 7.13. The van der Waals surface area contributed by atoms with E-state index in [1.165, 1.54) is 12.1 Å². The second-order valence-electron chi connectivity index (χ2n) is 9.25. The maximum absolute atomic E-state index is 13.6. The molecule has 8 nitrogen and oxygen atoms in total. The lowest BCUT2D eigenvalue weighted by molar-refractivity contribution is -0.141. The van der Waals surface area contributed by atoms with Gasteiger partial charge in [-0.25, -0.2) is 4.39 Å². The molecule has 1 aliphatic heterocycles. The molecule has 1 heterocycles. The summed E-state index contributed by atoms with van der Waals surface area (Å²) in [6.45, 7) is -0.317. The molecule has 2 aromatic carbocycles. The van der Waals surface area contributed by atoms with Gasteiger partial charge in [0.1, 0.15) is 11.6 Å². The van der Waals surface area contributed by atoms with Crippen molar-refractivity contribution in [2.75, 3.05) is 12.1 Å². The van der Waals surface area contributed by atoms with Gasteiger partial charge >= 0.3 is 0 Å². The van der Waals surface area contributed by atoms with Crippen LogP contribution < -0.4 is 20.9 Å². The van der Waals surface area contributed by atoms with Gasteiger partial charge < -0.3 is 20.5 Å². The number of carbonyl (C=O) groups excluding carboxylic acids is 2. The highest BCUT2D eigenvalue weighted by molar-refractivity contribution is 6.30. The zero-order chi connectivity index (χ0) is 23.9. The average molecular weight is 490 g/mol. The van der Waals surface area contributed by atoms with Gasteiger partial charge in [-0.3, -0.25) is 19.9 Å². The van der Waals surface area contributed by atoms with Gasteiger partial charge in [-0.1, -0.05) is 29.8 Å². The van der Waals surface area contributed by atoms with Crippen molar-refractivity contribution in [1.29, 1.82) is 0 Å². The van der Waals surface area contributed by atoms with Gasteiger partial charge in [0.15, 0.2) is 12.7 Å². The standard InChI is InChI=1S/C24H25ClFN3O5/c25-16-6-5-14(11-17(16)26)33-13-20(31)27-24-9-7-23(8-10-24,12-19(24)30)28-22(32)21-15-3-1-2-4-18(15)29-34-21/h1-6,11,19,21,29-30H,7-10,12-13H2,(H,27,31)(H,28,32). The number of nitrogens with one attached hydrogen (secondary N) is 3. The van der Waals surface area contributed by atoms with Crippen LogP contribution in [0.5, 0.6) is 5.75 Å². The molecule has 0 spiro atoms. The number of para-hydroxylation sites is 1. The summed E-state index contributed by atoms with van der Waals surface area (Å²) in [6.07, 6.45) is 0.978. The molecule has 2 unspecified atom stereocenters. The topological polar surface area (TPSA) is 109 Å². The van der Waals surface area contributed by atoms with E-state index in [0.29, 0.717) is 32.1 Å². The molecule has 2 amide bonds. The van der Waals surface area contributed by atoms with Crippen LogP contribution in [0.4, 0.5) is 10.1 Å². The number of aliphatic hydroxyl groups excluding tert-OH is 1. The number of aliphatic hydroxyl groups is 1. The van der Waals surface area contributed by atoms with E-state index in [-0.39, 0.29) is 23.3 Å². The first-order valence-corrected chi connectivity index (χ1v) is 11.6. The van der Waals surface area contributed by atoms with Crippen LogP contribution in [0.25, 0.3) is 0 Å². The number of benzene rings is 2. The Morgan fingerprint density at radius 2 is 1.94 bits per heavy atom. The van der Waals surface area contributed by atoms with Crippen LogP contribution in [0, 0.1) is 5.82 Å². The van der Waals surface area contributed by atoms with Crippen molar-refractivity contribution in [3.8, 4) is 5.75 Å². The minimum Gasteiger partial charge on any atom is -0.484 e. The summed E-state index contributed by atoms with van der Waals surface area (Å²) in [5.41, 5.74) is 2.97. The highest BCUT2D eigenvalue weighted by Gasteiger charge is 2.55. The Kier molecular flexibility index (Phi) is 5.87. The van der Waals surface area contributed by atoms with Crippen molar-refractivity contribution in [1.82, 2.24) is 10.6 Å². The molecule has 3 fully saturated rings. The number of amides is 2. The van der Waals surface area contributed by atoms with E-state index in [9.17, 15) is 19.1 Å². The van der Waals surface area contributed by atoms with Gasteiger partial charge in [0, 0.05) is 17.2 Å². The van der Waals surface area contributed by atoms with Crippen LogP contribution in [0.15, 0.2) is 42.5 Å². The summed E-state index contributed by atoms with van der Waals surface area (Å²) in [5, 5.41) is 16.9. The third-order valence-corrected chi connectivity index (χ3v) is 7.43. The predicted octanol–water partition coefficient (Wildman–Crippen LogP) is 3.00. The van der Waals surface area contributed by atoms with E-state index < -0.39 is 35.0 Å². The lowest BCUT2D eigenvalue weighted by atomic mass is 9.59. The van der Waals surface area contributed by atoms with Gasteiger partial charge in [0.05, 0.1) is 22.4 Å². The molecule has 0 saturated heterocycles. The van der Waals surface area contributed by atoms with Crippen molar-refractivity contribution < 1.29 is 28.7 Å². The normalized spacial score (nSPS) is 29.1. The number of anilines is 1. The Hall–Kier alpha value is -2.88. The largest absolute Gasteiger partial charge is 0.484 e. The molecule has 4 aliphatic rings. The summed E-state index contributed by atoms with van der Waals surface area (Å²) in [4.78, 5) is 31.0. The molecule has 2 bridgehead atoms. The van der Waals surface area contributed by atoms with Crippen molar-refractivity contribution in [3.05, 3.63) is 58.9 Å². The molecule has 0 aromatic heterocycles. The Morgan fingerprint density at radius 1 is 1.18 bits per heavy atom. The summed E-state index contributed by atoms with van der Waals surface area (Å²) in [5.74, 6) is -1.11. The highest BCUT2D eigenvalue weighted by Crippen LogP contribution is 2.47. The smallest absolute Gasteiger partial charge is 0.258 e. The van der Waals surface area contributed by atoms with Crippen LogP contribution >= 0.6 is 11.6 Å². The van der Waals surface area contributed by atoms with Crippen molar-refractivity contribution >= 4 is 29.1 Å². The molecule has 2 atom stereocenters. The SMILES string of the molecule is O=C(COc1ccc(Cl)c(F)c1)NC12CCC(NC(=O)C3ONc4ccccc43)(CC1)CC2O. The van der Waals surface area contributed by atoms with Gasteiger partial charge in [0.25, 0.3) is 11.8 Å². The van der Waals surface area contributed by atoms with Crippen LogP contribution in [0.2, 0.25) is 5.02 Å². The van der Waals surface area contributed by atoms with Crippen molar-refractivity contribution in [2.24, 2.45) is 0 Å². The predicted molar refractivity (Wildman–Crippen MR) is 122 cm³/mol. The van der Waals surface area contributed by atoms with E-state index in [1.54, 1.807) is 0 Å². The van der Waals surface area contributed by atoms with Gasteiger partial charge in [0.2, 0.25) is 0 Å². The lowest BCUT2D eigenvalue weighted by Crippen LogP contribution is -2.70. The fraction of sp³-hybridized carbons (Fsp3) is 0.417. The Balaban J connectivity index is 1.18. The van der Waals surface area contributed by atoms with Crippen LogP contribution in [0.1, 0.15) is 43.8 Å². The van der Waals surface area contributed by atoms with Gasteiger partial charge in [-0.15, -0.1) is 0 Å². The number of carbonyl (C=O) groups is 2. The second kappa shape index (κ2) is 8.72. The molecule has 180 valence electrons. The number of hydrogen-bond donors (Lipinski definition) is 4. The van der Waals surface area contributed by atoms with E-state index >= 15 is 0 Å². The first kappa shape index (κ1) is 22.9. The molecule has 34 heavy (non-hydrogen) atoms. The maximum Gasteiger partial charge on any atom is 0.258 e. The molecule has 0 radical (unpaired) electrons. The molecule has 2 aromatic rings. The monoisotopic (exact) mass is 489 g/mol. The summed E-state index contributed by atoms with van der Waals surface area (Å²) < 4.78 is 18.9. The summed E-state index contributed by atoms with van der Waals surface area (Å²) in [7, 11) is 0. The molecule has 3 aliphatic carbocycles. The Bertz CT molecular complexity index is 1120. The Labute approximate surface area is 200 Å². The zero-order valence-corrected chi connectivity index (χ0v) is 19.0. The van der Waals surface area contributed by atoms with Crippen molar-refractivity contribution in [3.63, 3.8) is 0 Å². The molecule has 10 heteroatoms. The number of hydrogen-bond acceptors (Lipinski definition) is 6. The van der Waals surface area contributed by atoms with E-state index in [4.69, 9.17) is 21.2 Å². The van der Waals surface area contributed by atoms with Crippen LogP contribution in [0.3, 0.4) is 0 Å². The molecular weight excluding hydrogens is 465 g/mol. The minimum atomic E-state index is -0.831. The van der Waals surface area contributed by atoms with Crippen LogP contribution in [-0.4, -0.2) is 40.7 Å². The number of fused-ring (bicyclic) bond motifs is 4. The fourth-order valence-electron chi connectivity index (χ4n) is 5.22. The first-order chi connectivity index (χ1) is 16.3. The van der Waals surface area contributed by atoms with Gasteiger partial charge in [-0.05, 0) is 50.3 Å². The van der Waals surface area contributed by atoms with Gasteiger partial charge in [-0.2, -0.15) is 0 Å². The van der Waals surface area contributed by atoms with E-state index in [2.05, 4.69) is 16.1 Å². The molecule has 6 rings (SSSR count). The minimum absolute atomic E-state index is 0.0289. The first-order valence-electron chi connectivity index (χ1n) is 11.2.